The fourth-order valence-electron chi connectivity index (χ4n) is 1.42. The van der Waals surface area contributed by atoms with E-state index in [0.717, 1.165) is 5.69 Å². The van der Waals surface area contributed by atoms with E-state index in [0.29, 0.717) is 15.5 Å². The van der Waals surface area contributed by atoms with Gasteiger partial charge in [-0.2, -0.15) is 0 Å². The van der Waals surface area contributed by atoms with E-state index in [-0.39, 0.29) is 5.91 Å². The minimum absolute atomic E-state index is 0.196. The number of benzene rings is 2. The number of hydrogen-bond acceptors (Lipinski definition) is 2. The van der Waals surface area contributed by atoms with Gasteiger partial charge >= 0.3 is 0 Å². The Balaban J connectivity index is 2.21. The van der Waals surface area contributed by atoms with Gasteiger partial charge in [0.2, 0.25) is 0 Å². The lowest BCUT2D eigenvalue weighted by Crippen LogP contribution is -2.12. The van der Waals surface area contributed by atoms with Gasteiger partial charge in [0.1, 0.15) is 0 Å². The molecule has 0 aliphatic carbocycles. The Labute approximate surface area is 110 Å². The van der Waals surface area contributed by atoms with Gasteiger partial charge in [0.25, 0.3) is 5.91 Å². The van der Waals surface area contributed by atoms with Crippen molar-refractivity contribution in [1.82, 2.24) is 0 Å². The van der Waals surface area contributed by atoms with Gasteiger partial charge < -0.3 is 5.32 Å². The summed E-state index contributed by atoms with van der Waals surface area (Å²) in [7, 11) is 0. The lowest BCUT2D eigenvalue weighted by molar-refractivity contribution is 0.102. The SMILES string of the molecule is O=C(Nc1ccccc1)c1ccc(Cl)cc1S. The monoisotopic (exact) mass is 263 g/mol. The Morgan fingerprint density at radius 1 is 1.12 bits per heavy atom. The minimum atomic E-state index is -0.196. The van der Waals surface area contributed by atoms with E-state index in [1.807, 2.05) is 30.3 Å². The zero-order valence-electron chi connectivity index (χ0n) is 8.85. The molecule has 0 aromatic heterocycles. The molecular formula is C13H10ClNOS. The first kappa shape index (κ1) is 12.0. The molecule has 0 aliphatic heterocycles. The highest BCUT2D eigenvalue weighted by molar-refractivity contribution is 7.80. The Morgan fingerprint density at radius 3 is 2.47 bits per heavy atom. The Morgan fingerprint density at radius 2 is 1.82 bits per heavy atom. The van der Waals surface area contributed by atoms with Gasteiger partial charge in [0.05, 0.1) is 5.56 Å². The van der Waals surface area contributed by atoms with Crippen molar-refractivity contribution in [1.29, 1.82) is 0 Å². The number of rotatable bonds is 2. The second-order valence-corrected chi connectivity index (χ2v) is 4.40. The smallest absolute Gasteiger partial charge is 0.256 e. The average Bonchev–Trinajstić information content (AvgIpc) is 2.30. The summed E-state index contributed by atoms with van der Waals surface area (Å²) >= 11 is 10.0. The quantitative estimate of drug-likeness (QED) is 0.791. The summed E-state index contributed by atoms with van der Waals surface area (Å²) in [5.74, 6) is -0.196. The molecule has 0 aliphatic rings. The fraction of sp³-hybridized carbons (Fsp3) is 0. The maximum Gasteiger partial charge on any atom is 0.256 e. The summed E-state index contributed by atoms with van der Waals surface area (Å²) in [5, 5.41) is 3.35. The number of nitrogens with one attached hydrogen (secondary N) is 1. The van der Waals surface area contributed by atoms with Gasteiger partial charge in [-0.3, -0.25) is 4.79 Å². The first-order valence-electron chi connectivity index (χ1n) is 5.02. The van der Waals surface area contributed by atoms with Crippen molar-refractivity contribution in [2.24, 2.45) is 0 Å². The number of carbonyl (C=O) groups excluding carboxylic acids is 1. The third-order valence-corrected chi connectivity index (χ3v) is 2.84. The van der Waals surface area contributed by atoms with Gasteiger partial charge in [-0.15, -0.1) is 12.6 Å². The van der Waals surface area contributed by atoms with Gasteiger partial charge in [0, 0.05) is 15.6 Å². The summed E-state index contributed by atoms with van der Waals surface area (Å²) in [6.07, 6.45) is 0. The molecule has 2 rings (SSSR count). The summed E-state index contributed by atoms with van der Waals surface area (Å²) in [6.45, 7) is 0. The number of hydrogen-bond donors (Lipinski definition) is 2. The molecule has 4 heteroatoms. The summed E-state index contributed by atoms with van der Waals surface area (Å²) in [4.78, 5) is 12.5. The normalized spacial score (nSPS) is 10.0. The maximum atomic E-state index is 11.9. The highest BCUT2D eigenvalue weighted by atomic mass is 35.5. The molecule has 0 fully saturated rings. The number of thiol groups is 1. The second-order valence-electron chi connectivity index (χ2n) is 3.48. The standard InChI is InChI=1S/C13H10ClNOS/c14-9-6-7-11(12(17)8-9)13(16)15-10-4-2-1-3-5-10/h1-8,17H,(H,15,16). The van der Waals surface area contributed by atoms with E-state index >= 15 is 0 Å². The van der Waals surface area contributed by atoms with Crippen LogP contribution < -0.4 is 5.32 Å². The van der Waals surface area contributed by atoms with Crippen LogP contribution in [0.25, 0.3) is 0 Å². The van der Waals surface area contributed by atoms with Crippen LogP contribution in [-0.2, 0) is 0 Å². The highest BCUT2D eigenvalue weighted by Gasteiger charge is 2.09. The fourth-order valence-corrected chi connectivity index (χ4v) is 1.98. The molecule has 2 aromatic carbocycles. The summed E-state index contributed by atoms with van der Waals surface area (Å²) in [6, 6.07) is 14.2. The first-order valence-corrected chi connectivity index (χ1v) is 5.84. The number of halogens is 1. The van der Waals surface area contributed by atoms with Crippen molar-refractivity contribution < 1.29 is 4.79 Å². The average molecular weight is 264 g/mol. The van der Waals surface area contributed by atoms with Crippen molar-refractivity contribution in [2.45, 2.75) is 4.90 Å². The van der Waals surface area contributed by atoms with Crippen LogP contribution in [0.5, 0.6) is 0 Å². The zero-order chi connectivity index (χ0) is 12.3. The summed E-state index contributed by atoms with van der Waals surface area (Å²) in [5.41, 5.74) is 1.25. The number of carbonyl (C=O) groups is 1. The van der Waals surface area contributed by atoms with Crippen LogP contribution in [0.4, 0.5) is 5.69 Å². The number of anilines is 1. The molecule has 86 valence electrons. The van der Waals surface area contributed by atoms with Crippen LogP contribution in [0.3, 0.4) is 0 Å². The molecule has 0 spiro atoms. The molecule has 0 radical (unpaired) electrons. The van der Waals surface area contributed by atoms with Gasteiger partial charge in [-0.25, -0.2) is 0 Å². The topological polar surface area (TPSA) is 29.1 Å². The predicted octanol–water partition coefficient (Wildman–Crippen LogP) is 3.88. The molecule has 0 heterocycles. The third-order valence-electron chi connectivity index (χ3n) is 2.24. The second kappa shape index (κ2) is 5.25. The van der Waals surface area contributed by atoms with Crippen molar-refractivity contribution in [3.05, 3.63) is 59.1 Å². The van der Waals surface area contributed by atoms with Crippen LogP contribution >= 0.6 is 24.2 Å². The van der Waals surface area contributed by atoms with Crippen LogP contribution in [0.1, 0.15) is 10.4 Å². The van der Waals surface area contributed by atoms with E-state index in [1.54, 1.807) is 18.2 Å². The lowest BCUT2D eigenvalue weighted by Gasteiger charge is -2.07. The van der Waals surface area contributed by atoms with E-state index in [4.69, 9.17) is 11.6 Å². The lowest BCUT2D eigenvalue weighted by atomic mass is 10.2. The maximum absolute atomic E-state index is 11.9. The van der Waals surface area contributed by atoms with Gasteiger partial charge in [-0.1, -0.05) is 29.8 Å². The molecule has 1 amide bonds. The molecule has 2 nitrogen and oxygen atoms in total. The highest BCUT2D eigenvalue weighted by Crippen LogP contribution is 2.20. The molecule has 1 N–H and O–H groups in total. The van der Waals surface area contributed by atoms with Crippen LogP contribution in [0.15, 0.2) is 53.4 Å². The molecule has 0 unspecified atom stereocenters. The third kappa shape index (κ3) is 3.02. The van der Waals surface area contributed by atoms with E-state index in [1.165, 1.54) is 0 Å². The Bertz CT molecular complexity index is 542. The zero-order valence-corrected chi connectivity index (χ0v) is 10.5. The van der Waals surface area contributed by atoms with Crippen molar-refractivity contribution in [3.63, 3.8) is 0 Å². The van der Waals surface area contributed by atoms with Crippen LogP contribution in [0.2, 0.25) is 5.02 Å². The van der Waals surface area contributed by atoms with Crippen molar-refractivity contribution in [3.8, 4) is 0 Å². The number of amides is 1. The molecule has 0 saturated heterocycles. The number of para-hydroxylation sites is 1. The molecule has 0 atom stereocenters. The molecular weight excluding hydrogens is 254 g/mol. The predicted molar refractivity (Wildman–Crippen MR) is 73.1 cm³/mol. The van der Waals surface area contributed by atoms with Crippen LogP contribution in [0, 0.1) is 0 Å². The van der Waals surface area contributed by atoms with E-state index in [2.05, 4.69) is 17.9 Å². The molecule has 0 bridgehead atoms. The van der Waals surface area contributed by atoms with Gasteiger partial charge in [0.15, 0.2) is 0 Å². The van der Waals surface area contributed by atoms with Crippen LogP contribution in [-0.4, -0.2) is 5.91 Å². The molecule has 0 saturated carbocycles. The minimum Gasteiger partial charge on any atom is -0.322 e. The first-order chi connectivity index (χ1) is 8.16. The van der Waals surface area contributed by atoms with E-state index in [9.17, 15) is 4.79 Å². The Hall–Kier alpha value is -1.45. The van der Waals surface area contributed by atoms with Crippen molar-refractivity contribution >= 4 is 35.8 Å². The largest absolute Gasteiger partial charge is 0.322 e. The van der Waals surface area contributed by atoms with Crippen molar-refractivity contribution in [2.75, 3.05) is 5.32 Å². The Kier molecular flexibility index (Phi) is 3.71. The molecule has 2 aromatic rings. The van der Waals surface area contributed by atoms with Gasteiger partial charge in [-0.05, 0) is 30.3 Å². The summed E-state index contributed by atoms with van der Waals surface area (Å²) < 4.78 is 0. The van der Waals surface area contributed by atoms with E-state index < -0.39 is 0 Å². The molecule has 17 heavy (non-hydrogen) atoms.